The van der Waals surface area contributed by atoms with Gasteiger partial charge in [0, 0.05) is 56.1 Å². The highest BCUT2D eigenvalue weighted by Crippen LogP contribution is 2.39. The Kier molecular flexibility index (Phi) is 3.51. The molecule has 1 aliphatic carbocycles. The van der Waals surface area contributed by atoms with Crippen LogP contribution in [0.4, 0.5) is 10.2 Å². The molecule has 2 unspecified atom stereocenters. The third-order valence-electron chi connectivity index (χ3n) is 6.44. The normalized spacial score (nSPS) is 23.9. The van der Waals surface area contributed by atoms with E-state index in [9.17, 15) is 9.18 Å². The highest BCUT2D eigenvalue weighted by atomic mass is 19.1. The molecule has 2 atom stereocenters. The topological polar surface area (TPSA) is 71.6 Å². The first-order valence-corrected chi connectivity index (χ1v) is 10.2. The van der Waals surface area contributed by atoms with Crippen molar-refractivity contribution in [1.82, 2.24) is 29.3 Å². The molecule has 3 aliphatic rings. The average Bonchev–Trinajstić information content (AvgIpc) is 3.30. The van der Waals surface area contributed by atoms with Crippen LogP contribution >= 0.6 is 0 Å². The van der Waals surface area contributed by atoms with Crippen molar-refractivity contribution in [2.75, 3.05) is 18.0 Å². The molecule has 3 fully saturated rings. The van der Waals surface area contributed by atoms with E-state index in [0.717, 1.165) is 55.7 Å². The number of hydrogen-bond donors (Lipinski definition) is 0. The molecule has 1 amide bonds. The summed E-state index contributed by atoms with van der Waals surface area (Å²) >= 11 is 0. The lowest BCUT2D eigenvalue weighted by molar-refractivity contribution is -0.135. The van der Waals surface area contributed by atoms with Crippen LogP contribution in [0.1, 0.15) is 25.7 Å². The highest BCUT2D eigenvalue weighted by Gasteiger charge is 2.46. The third-order valence-corrected chi connectivity index (χ3v) is 6.44. The minimum absolute atomic E-state index is 0.252. The van der Waals surface area contributed by atoms with Gasteiger partial charge in [0.05, 0.1) is 5.56 Å². The summed E-state index contributed by atoms with van der Waals surface area (Å²) in [7, 11) is 1.70. The molecule has 0 radical (unpaired) electrons. The smallest absolute Gasteiger partial charge is 0.240 e. The molecule has 150 valence electrons. The summed E-state index contributed by atoms with van der Waals surface area (Å²) in [6.45, 7) is 1.56. The second kappa shape index (κ2) is 6.01. The van der Waals surface area contributed by atoms with Crippen LogP contribution in [0.2, 0.25) is 0 Å². The van der Waals surface area contributed by atoms with Crippen molar-refractivity contribution in [1.29, 1.82) is 0 Å². The molecule has 1 saturated carbocycles. The Morgan fingerprint density at radius 1 is 1.14 bits per heavy atom. The van der Waals surface area contributed by atoms with Gasteiger partial charge < -0.3 is 9.80 Å². The minimum atomic E-state index is -0.497. The quantitative estimate of drug-likeness (QED) is 0.677. The average molecular weight is 395 g/mol. The van der Waals surface area contributed by atoms with Crippen LogP contribution in [0.5, 0.6) is 0 Å². The Morgan fingerprint density at radius 3 is 2.55 bits per heavy atom. The zero-order valence-electron chi connectivity index (χ0n) is 16.2. The molecule has 0 aromatic carbocycles. The number of piperazine rings is 1. The van der Waals surface area contributed by atoms with Crippen molar-refractivity contribution >= 4 is 17.2 Å². The Bertz CT molecular complexity index is 1100. The van der Waals surface area contributed by atoms with Crippen molar-refractivity contribution in [3.05, 3.63) is 30.7 Å². The van der Waals surface area contributed by atoms with Crippen LogP contribution < -0.4 is 4.90 Å². The Labute approximate surface area is 166 Å². The van der Waals surface area contributed by atoms with Gasteiger partial charge in [-0.2, -0.15) is 9.49 Å². The van der Waals surface area contributed by atoms with Gasteiger partial charge in [-0.15, -0.1) is 5.10 Å². The lowest BCUT2D eigenvalue weighted by atomic mass is 10.1. The van der Waals surface area contributed by atoms with Gasteiger partial charge in [-0.1, -0.05) is 0 Å². The number of amides is 1. The van der Waals surface area contributed by atoms with Crippen LogP contribution in [-0.4, -0.2) is 60.4 Å². The van der Waals surface area contributed by atoms with Gasteiger partial charge in [0.1, 0.15) is 11.8 Å². The molecule has 0 N–H and O–H groups in total. The number of anilines is 1. The molecule has 29 heavy (non-hydrogen) atoms. The van der Waals surface area contributed by atoms with Gasteiger partial charge >= 0.3 is 0 Å². The first-order valence-electron chi connectivity index (χ1n) is 10.2. The van der Waals surface area contributed by atoms with Gasteiger partial charge in [-0.25, -0.2) is 9.50 Å². The van der Waals surface area contributed by atoms with Crippen LogP contribution in [0.15, 0.2) is 24.8 Å². The van der Waals surface area contributed by atoms with E-state index in [-0.39, 0.29) is 18.0 Å². The summed E-state index contributed by atoms with van der Waals surface area (Å²) in [5, 5.41) is 8.11. The summed E-state index contributed by atoms with van der Waals surface area (Å²) < 4.78 is 17.4. The summed E-state index contributed by atoms with van der Waals surface area (Å²) in [4.78, 5) is 21.7. The third kappa shape index (κ3) is 2.63. The summed E-state index contributed by atoms with van der Waals surface area (Å²) in [6, 6.07) is 2.42. The molecule has 8 nitrogen and oxygen atoms in total. The summed E-state index contributed by atoms with van der Waals surface area (Å²) in [5.74, 6) is 0.953. The van der Waals surface area contributed by atoms with E-state index in [1.54, 1.807) is 17.8 Å². The van der Waals surface area contributed by atoms with Crippen molar-refractivity contribution in [3.8, 4) is 11.1 Å². The molecule has 2 aliphatic heterocycles. The lowest BCUT2D eigenvalue weighted by Crippen LogP contribution is -2.56. The second-order valence-electron chi connectivity index (χ2n) is 8.46. The second-order valence-corrected chi connectivity index (χ2v) is 8.46. The van der Waals surface area contributed by atoms with Gasteiger partial charge in [-0.3, -0.25) is 9.48 Å². The molecule has 3 aromatic rings. The molecule has 3 aromatic heterocycles. The van der Waals surface area contributed by atoms with E-state index in [1.807, 2.05) is 12.3 Å². The maximum absolute atomic E-state index is 14.2. The maximum atomic E-state index is 14.2. The number of fused-ring (bicyclic) bond motifs is 3. The zero-order valence-corrected chi connectivity index (χ0v) is 16.2. The number of carbonyl (C=O) groups is 1. The van der Waals surface area contributed by atoms with Gasteiger partial charge in [-0.05, 0) is 31.7 Å². The molecule has 0 spiro atoms. The molecule has 9 heteroatoms. The van der Waals surface area contributed by atoms with E-state index < -0.39 is 5.95 Å². The van der Waals surface area contributed by atoms with E-state index in [2.05, 4.69) is 25.0 Å². The summed E-state index contributed by atoms with van der Waals surface area (Å²) in [5.41, 5.74) is 2.01. The molecule has 2 bridgehead atoms. The summed E-state index contributed by atoms with van der Waals surface area (Å²) in [6.07, 6.45) is 9.20. The zero-order chi connectivity index (χ0) is 19.7. The van der Waals surface area contributed by atoms with Gasteiger partial charge in [0.25, 0.3) is 0 Å². The molecule has 2 saturated heterocycles. The lowest BCUT2D eigenvalue weighted by Gasteiger charge is -2.41. The highest BCUT2D eigenvalue weighted by molar-refractivity contribution is 5.83. The molecular formula is C20H22FN7O. The first kappa shape index (κ1) is 16.9. The molecule has 6 rings (SSSR count). The van der Waals surface area contributed by atoms with Crippen LogP contribution in [0, 0.1) is 11.9 Å². The molecule has 5 heterocycles. The maximum Gasteiger partial charge on any atom is 0.240 e. The number of aryl methyl sites for hydroxylation is 1. The number of rotatable bonds is 3. The fourth-order valence-electron chi connectivity index (χ4n) is 4.94. The van der Waals surface area contributed by atoms with Crippen molar-refractivity contribution in [3.63, 3.8) is 0 Å². The monoisotopic (exact) mass is 395 g/mol. The van der Waals surface area contributed by atoms with Crippen molar-refractivity contribution in [2.24, 2.45) is 13.0 Å². The van der Waals surface area contributed by atoms with E-state index in [1.165, 1.54) is 11.0 Å². The number of halogens is 1. The Hall–Kier alpha value is -2.97. The molecular weight excluding hydrogens is 373 g/mol. The Balaban J connectivity index is 1.34. The van der Waals surface area contributed by atoms with Gasteiger partial charge in [0.2, 0.25) is 11.9 Å². The number of carbonyl (C=O) groups excluding carboxylic acids is 1. The largest absolute Gasteiger partial charge is 0.351 e. The predicted molar refractivity (Wildman–Crippen MR) is 104 cm³/mol. The Morgan fingerprint density at radius 2 is 1.90 bits per heavy atom. The van der Waals surface area contributed by atoms with E-state index >= 15 is 0 Å². The van der Waals surface area contributed by atoms with Gasteiger partial charge in [0.15, 0.2) is 5.82 Å². The fraction of sp³-hybridized carbons (Fsp3) is 0.500. The standard InChI is InChI=1S/C20H22FN7O/c1-25-10-16(18(21)24-25)13-6-17-19(22-11-23-27(17)7-13)26-8-14-4-5-15(9-26)28(14)20(29)12-2-3-12/h6-7,10-12,14-15H,2-5,8-9H2,1H3. The van der Waals surface area contributed by atoms with Crippen LogP contribution in [0.25, 0.3) is 16.6 Å². The van der Waals surface area contributed by atoms with Crippen molar-refractivity contribution < 1.29 is 9.18 Å². The van der Waals surface area contributed by atoms with Crippen LogP contribution in [0.3, 0.4) is 0 Å². The van der Waals surface area contributed by atoms with E-state index in [4.69, 9.17) is 0 Å². The number of hydrogen-bond acceptors (Lipinski definition) is 5. The number of aromatic nitrogens is 5. The number of nitrogens with zero attached hydrogens (tertiary/aromatic N) is 7. The fourth-order valence-corrected chi connectivity index (χ4v) is 4.94. The van der Waals surface area contributed by atoms with Crippen LogP contribution in [-0.2, 0) is 11.8 Å². The predicted octanol–water partition coefficient (Wildman–Crippen LogP) is 1.86. The van der Waals surface area contributed by atoms with Crippen molar-refractivity contribution in [2.45, 2.75) is 37.8 Å². The van der Waals surface area contributed by atoms with E-state index in [0.29, 0.717) is 11.5 Å². The SMILES string of the molecule is Cn1cc(-c2cc3c(N4CC5CCC(C4)N5C(=O)C4CC4)ncnn3c2)c(F)n1. The first-order chi connectivity index (χ1) is 14.1. The minimum Gasteiger partial charge on any atom is -0.351 e.